The van der Waals surface area contributed by atoms with E-state index in [2.05, 4.69) is 10.3 Å². The van der Waals surface area contributed by atoms with Crippen LogP contribution in [0.3, 0.4) is 0 Å². The van der Waals surface area contributed by atoms with Gasteiger partial charge in [0.2, 0.25) is 5.91 Å². The summed E-state index contributed by atoms with van der Waals surface area (Å²) < 4.78 is 1.42. The largest absolute Gasteiger partial charge is 0.396 e. The highest BCUT2D eigenvalue weighted by Gasteiger charge is 2.18. The van der Waals surface area contributed by atoms with Crippen molar-refractivity contribution < 1.29 is 9.90 Å². The van der Waals surface area contributed by atoms with Gasteiger partial charge >= 0.3 is 5.69 Å². The molecule has 1 aromatic heterocycles. The van der Waals surface area contributed by atoms with E-state index in [9.17, 15) is 9.59 Å². The predicted octanol–water partition coefficient (Wildman–Crippen LogP) is 0.854. The van der Waals surface area contributed by atoms with Crippen LogP contribution in [0.15, 0.2) is 29.1 Å². The van der Waals surface area contributed by atoms with Crippen LogP contribution in [-0.2, 0) is 11.3 Å². The molecular formula is C15H21N3O3. The Kier molecular flexibility index (Phi) is 4.47. The number of aromatic nitrogens is 2. The van der Waals surface area contributed by atoms with Crippen LogP contribution < -0.4 is 11.0 Å². The molecule has 0 fully saturated rings. The van der Waals surface area contributed by atoms with Crippen molar-refractivity contribution in [3.63, 3.8) is 0 Å². The fourth-order valence-electron chi connectivity index (χ4n) is 2.19. The van der Waals surface area contributed by atoms with Gasteiger partial charge in [0.05, 0.1) is 11.0 Å². The molecule has 0 spiro atoms. The number of nitrogens with one attached hydrogen (secondary N) is 2. The Balaban J connectivity index is 2.05. The lowest BCUT2D eigenvalue weighted by Crippen LogP contribution is -2.37. The molecule has 6 nitrogen and oxygen atoms in total. The van der Waals surface area contributed by atoms with Gasteiger partial charge in [-0.3, -0.25) is 9.36 Å². The fourth-order valence-corrected chi connectivity index (χ4v) is 2.19. The SMILES string of the molecule is CC(C)(CCO)CNC(=O)Cn1c(=O)[nH]c2ccccc21. The Morgan fingerprint density at radius 1 is 1.38 bits per heavy atom. The number of rotatable bonds is 6. The maximum absolute atomic E-state index is 12.0. The number of fused-ring (bicyclic) bond motifs is 1. The van der Waals surface area contributed by atoms with E-state index in [0.29, 0.717) is 18.5 Å². The smallest absolute Gasteiger partial charge is 0.326 e. The van der Waals surface area contributed by atoms with E-state index in [1.807, 2.05) is 26.0 Å². The number of hydrogen-bond donors (Lipinski definition) is 3. The van der Waals surface area contributed by atoms with E-state index in [1.165, 1.54) is 4.57 Å². The molecule has 1 heterocycles. The third-order valence-electron chi connectivity index (χ3n) is 3.54. The first-order valence-corrected chi connectivity index (χ1v) is 6.98. The summed E-state index contributed by atoms with van der Waals surface area (Å²) in [4.78, 5) is 26.6. The quantitative estimate of drug-likeness (QED) is 0.737. The first-order chi connectivity index (χ1) is 9.93. The van der Waals surface area contributed by atoms with Crippen molar-refractivity contribution in [2.75, 3.05) is 13.2 Å². The van der Waals surface area contributed by atoms with Gasteiger partial charge in [-0.2, -0.15) is 0 Å². The molecule has 3 N–H and O–H groups in total. The number of carbonyl (C=O) groups is 1. The van der Waals surface area contributed by atoms with E-state index in [-0.39, 0.29) is 30.2 Å². The summed E-state index contributed by atoms with van der Waals surface area (Å²) >= 11 is 0. The van der Waals surface area contributed by atoms with Crippen LogP contribution in [-0.4, -0.2) is 33.7 Å². The average molecular weight is 291 g/mol. The second kappa shape index (κ2) is 6.13. The molecule has 2 rings (SSSR count). The van der Waals surface area contributed by atoms with Gasteiger partial charge in [0.1, 0.15) is 6.54 Å². The van der Waals surface area contributed by atoms with Crippen molar-refractivity contribution >= 4 is 16.9 Å². The molecule has 1 aromatic carbocycles. The van der Waals surface area contributed by atoms with Crippen molar-refractivity contribution in [2.45, 2.75) is 26.8 Å². The third kappa shape index (κ3) is 3.72. The highest BCUT2D eigenvalue weighted by molar-refractivity contribution is 5.80. The molecule has 0 saturated heterocycles. The van der Waals surface area contributed by atoms with Crippen molar-refractivity contribution in [2.24, 2.45) is 5.41 Å². The highest BCUT2D eigenvalue weighted by atomic mass is 16.3. The van der Waals surface area contributed by atoms with Gasteiger partial charge in [-0.25, -0.2) is 4.79 Å². The number of nitrogens with zero attached hydrogens (tertiary/aromatic N) is 1. The van der Waals surface area contributed by atoms with E-state index >= 15 is 0 Å². The van der Waals surface area contributed by atoms with Crippen LogP contribution in [0, 0.1) is 5.41 Å². The van der Waals surface area contributed by atoms with Crippen LogP contribution >= 0.6 is 0 Å². The Morgan fingerprint density at radius 3 is 2.81 bits per heavy atom. The molecule has 0 bridgehead atoms. The summed E-state index contributed by atoms with van der Waals surface area (Å²) in [5.41, 5.74) is 0.972. The fraction of sp³-hybridized carbons (Fsp3) is 0.467. The first-order valence-electron chi connectivity index (χ1n) is 6.98. The molecule has 0 atom stereocenters. The molecule has 21 heavy (non-hydrogen) atoms. The minimum absolute atomic E-state index is 0.0158. The van der Waals surface area contributed by atoms with E-state index in [0.717, 1.165) is 5.52 Å². The number of aliphatic hydroxyl groups is 1. The van der Waals surface area contributed by atoms with Crippen molar-refractivity contribution in [1.29, 1.82) is 0 Å². The molecule has 0 unspecified atom stereocenters. The summed E-state index contributed by atoms with van der Waals surface area (Å²) in [5, 5.41) is 11.8. The van der Waals surface area contributed by atoms with E-state index < -0.39 is 0 Å². The molecule has 0 aliphatic heterocycles. The minimum atomic E-state index is -0.291. The van der Waals surface area contributed by atoms with Crippen LogP contribution in [0.2, 0.25) is 0 Å². The van der Waals surface area contributed by atoms with Gasteiger partial charge in [0, 0.05) is 13.2 Å². The van der Waals surface area contributed by atoms with Crippen molar-refractivity contribution in [1.82, 2.24) is 14.9 Å². The number of imidazole rings is 1. The maximum atomic E-state index is 12.0. The molecule has 0 radical (unpaired) electrons. The number of para-hydroxylation sites is 2. The summed E-state index contributed by atoms with van der Waals surface area (Å²) in [6.07, 6.45) is 0.611. The summed E-state index contributed by atoms with van der Waals surface area (Å²) in [6.45, 7) is 4.48. The normalized spacial score (nSPS) is 11.8. The monoisotopic (exact) mass is 291 g/mol. The number of hydrogen-bond acceptors (Lipinski definition) is 3. The number of aromatic amines is 1. The molecule has 0 aliphatic carbocycles. The van der Waals surface area contributed by atoms with Crippen LogP contribution in [0.4, 0.5) is 0 Å². The minimum Gasteiger partial charge on any atom is -0.396 e. The molecule has 1 amide bonds. The summed E-state index contributed by atoms with van der Waals surface area (Å²) in [5.74, 6) is -0.215. The lowest BCUT2D eigenvalue weighted by Gasteiger charge is -2.23. The van der Waals surface area contributed by atoms with Crippen LogP contribution in [0.5, 0.6) is 0 Å². The number of H-pyrrole nitrogens is 1. The third-order valence-corrected chi connectivity index (χ3v) is 3.54. The predicted molar refractivity (Wildman–Crippen MR) is 81.1 cm³/mol. The summed E-state index contributed by atoms with van der Waals surface area (Å²) in [7, 11) is 0. The topological polar surface area (TPSA) is 87.1 Å². The number of carbonyl (C=O) groups excluding carboxylic acids is 1. The second-order valence-electron chi connectivity index (χ2n) is 5.95. The van der Waals surface area contributed by atoms with E-state index in [4.69, 9.17) is 5.11 Å². The molecule has 6 heteroatoms. The van der Waals surface area contributed by atoms with Gasteiger partial charge in [-0.1, -0.05) is 26.0 Å². The Morgan fingerprint density at radius 2 is 2.10 bits per heavy atom. The standard InChI is InChI=1S/C15H21N3O3/c1-15(2,7-8-19)10-16-13(20)9-18-12-6-4-3-5-11(12)17-14(18)21/h3-6,19H,7-10H2,1-2H3,(H,16,20)(H,17,21). The number of aliphatic hydroxyl groups excluding tert-OH is 1. The molecule has 114 valence electrons. The molecular weight excluding hydrogens is 270 g/mol. The van der Waals surface area contributed by atoms with Gasteiger partial charge in [-0.15, -0.1) is 0 Å². The Bertz CT molecular complexity index is 685. The van der Waals surface area contributed by atoms with Gasteiger partial charge in [-0.05, 0) is 24.0 Å². The molecule has 0 aliphatic rings. The number of amides is 1. The zero-order valence-electron chi connectivity index (χ0n) is 12.3. The Labute approximate surface area is 122 Å². The highest BCUT2D eigenvalue weighted by Crippen LogP contribution is 2.17. The number of benzene rings is 1. The van der Waals surface area contributed by atoms with Crippen molar-refractivity contribution in [3.8, 4) is 0 Å². The second-order valence-corrected chi connectivity index (χ2v) is 5.95. The van der Waals surface area contributed by atoms with E-state index in [1.54, 1.807) is 12.1 Å². The summed E-state index contributed by atoms with van der Waals surface area (Å²) in [6, 6.07) is 7.26. The van der Waals surface area contributed by atoms with Crippen LogP contribution in [0.1, 0.15) is 20.3 Å². The molecule has 2 aromatic rings. The Hall–Kier alpha value is -2.08. The first kappa shape index (κ1) is 15.3. The lowest BCUT2D eigenvalue weighted by atomic mass is 9.90. The average Bonchev–Trinajstić information content (AvgIpc) is 2.73. The van der Waals surface area contributed by atoms with Gasteiger partial charge in [0.15, 0.2) is 0 Å². The van der Waals surface area contributed by atoms with Crippen molar-refractivity contribution in [3.05, 3.63) is 34.7 Å². The zero-order chi connectivity index (χ0) is 15.5. The zero-order valence-corrected chi connectivity index (χ0v) is 12.3. The van der Waals surface area contributed by atoms with Gasteiger partial charge in [0.25, 0.3) is 0 Å². The van der Waals surface area contributed by atoms with Gasteiger partial charge < -0.3 is 15.4 Å². The van der Waals surface area contributed by atoms with Crippen LogP contribution in [0.25, 0.3) is 11.0 Å². The lowest BCUT2D eigenvalue weighted by molar-refractivity contribution is -0.122. The molecule has 0 saturated carbocycles. The maximum Gasteiger partial charge on any atom is 0.326 e.